The summed E-state index contributed by atoms with van der Waals surface area (Å²) in [5, 5.41) is 24.3. The summed E-state index contributed by atoms with van der Waals surface area (Å²) in [5.41, 5.74) is 16.0. The van der Waals surface area contributed by atoms with Gasteiger partial charge in [-0.15, -0.1) is 22.7 Å². The van der Waals surface area contributed by atoms with Crippen molar-refractivity contribution in [2.45, 2.75) is 221 Å². The number of Topliss-reactive ketones (excluding diaryl/α,β-unsaturated/α-hetero) is 1. The number of carbonyl (C=O) groups is 5. The molecule has 2 atom stereocenters. The van der Waals surface area contributed by atoms with Crippen molar-refractivity contribution in [1.82, 2.24) is 59.1 Å². The van der Waals surface area contributed by atoms with Crippen LogP contribution < -0.4 is 0 Å². The number of ether oxygens (including phenoxy) is 4. The maximum absolute atomic E-state index is 13.6. The number of aromatic nitrogens is 6. The number of esters is 2. The molecule has 12 aromatic rings. The molecule has 7 aliphatic rings. The normalized spacial score (nSPS) is 16.8. The number of hydroxylamine groups is 2. The van der Waals surface area contributed by atoms with E-state index >= 15 is 0 Å². The van der Waals surface area contributed by atoms with Crippen molar-refractivity contribution in [2.24, 2.45) is 31.8 Å². The van der Waals surface area contributed by atoms with E-state index in [0.717, 1.165) is 169 Å². The van der Waals surface area contributed by atoms with Crippen molar-refractivity contribution in [3.8, 4) is 32.8 Å². The molecular weight excluding hydrogens is 2280 g/mol. The number of likely N-dealkylation sites (tertiary alicyclic amines) is 5. The summed E-state index contributed by atoms with van der Waals surface area (Å²) in [6.07, 6.45) is 2.44. The van der Waals surface area contributed by atoms with E-state index in [2.05, 4.69) is 240 Å². The highest BCUT2D eigenvalue weighted by atomic mass is 127. The van der Waals surface area contributed by atoms with Crippen molar-refractivity contribution in [2.75, 3.05) is 92.8 Å². The first-order valence-electron chi connectivity index (χ1n) is 48.8. The van der Waals surface area contributed by atoms with Gasteiger partial charge in [-0.05, 0) is 327 Å². The summed E-state index contributed by atoms with van der Waals surface area (Å²) in [5.74, 6) is -1.10. The van der Waals surface area contributed by atoms with Crippen LogP contribution in [0, 0.1) is 46.8 Å². The van der Waals surface area contributed by atoms with Crippen molar-refractivity contribution < 1.29 is 61.6 Å². The lowest BCUT2D eigenvalue weighted by Gasteiger charge is -2.47. The Bertz CT molecular complexity index is 6620. The molecule has 0 unspecified atom stereocenters. The van der Waals surface area contributed by atoms with Gasteiger partial charge >= 0.3 is 17.9 Å². The largest absolute Gasteiger partial charge is 0.481 e. The van der Waals surface area contributed by atoms with E-state index in [4.69, 9.17) is 67.3 Å². The van der Waals surface area contributed by atoms with Crippen LogP contribution in [-0.2, 0) is 57.1 Å². The molecule has 4 aromatic heterocycles. The van der Waals surface area contributed by atoms with Crippen LogP contribution >= 0.6 is 132 Å². The van der Waals surface area contributed by atoms with Crippen molar-refractivity contribution in [1.29, 1.82) is 0 Å². The zero-order valence-corrected chi connectivity index (χ0v) is 98.0. The highest BCUT2D eigenvalue weighted by Crippen LogP contribution is 2.50. The Morgan fingerprint density at radius 3 is 1.28 bits per heavy atom. The molecule has 8 aromatic carbocycles. The number of hydrogen-bond acceptors (Lipinski definition) is 21. The SMILES string of the molecule is CC(C)(C)N1CC(C(=O)O)C1.CC(C)(C)N1CC(C(=O)c2cc(Br)ccc2F)C1.CCOC(=O)[C@@H](OC1CC1)c1c(C)cc2nc(-c3ccc4c(c3)c(C3CN(C(C)(C)C)C3)nn4C)sc2c1-c1ccc(Cl)cc1.CCOC(=O)[C@@H](OC1CC1)c1c(C)cc2nc(Br)sc2c1-c1ccc(Cl)cc1.CON(C)C(=O)C1CN(C(C)(C)C)C1.Cn1nc(C2CN(C(C)(C)C)C2)c2cc(Br)ccc21.Fc1ccc(Br)cc1I. The summed E-state index contributed by atoms with van der Waals surface area (Å²) in [6.45, 7) is 49.8. The molecule has 1 amide bonds. The van der Waals surface area contributed by atoms with Crippen molar-refractivity contribution in [3.05, 3.63) is 215 Å². The van der Waals surface area contributed by atoms with Gasteiger partial charge in [0, 0.05) is 198 Å². The van der Waals surface area contributed by atoms with Crippen LogP contribution in [0.2, 0.25) is 10.0 Å². The van der Waals surface area contributed by atoms with E-state index in [1.54, 1.807) is 54.0 Å². The Kier molecular flexibility index (Phi) is 37.6. The van der Waals surface area contributed by atoms with Crippen LogP contribution in [0.3, 0.4) is 0 Å². The zero-order valence-electron chi connectivity index (χ0n) is 86.3. The number of carbonyl (C=O) groups excluding carboxylic acids is 4. The molecule has 0 radical (unpaired) electrons. The van der Waals surface area contributed by atoms with Gasteiger partial charge in [-0.25, -0.2) is 33.4 Å². The second kappa shape index (κ2) is 47.6. The number of aliphatic carboxylic acids is 1. The first kappa shape index (κ1) is 114. The van der Waals surface area contributed by atoms with Crippen LogP contribution in [0.1, 0.15) is 211 Å². The molecule has 23 nitrogen and oxygen atoms in total. The lowest BCUT2D eigenvalue weighted by molar-refractivity contribution is -0.180. The number of halogens is 9. The maximum Gasteiger partial charge on any atom is 0.339 e. The predicted octanol–water partition coefficient (Wildman–Crippen LogP) is 26.7. The van der Waals surface area contributed by atoms with E-state index < -0.39 is 24.0 Å². The molecular formula is C110H133Br4Cl2F2IN12O11S2. The number of nitrogens with zero attached hydrogens (tertiary/aromatic N) is 12. The van der Waals surface area contributed by atoms with Gasteiger partial charge in [0.15, 0.2) is 21.9 Å². The first-order chi connectivity index (χ1) is 67.6. The highest BCUT2D eigenvalue weighted by Gasteiger charge is 2.45. The number of ketones is 1. The molecule has 7 fully saturated rings. The molecule has 0 spiro atoms. The summed E-state index contributed by atoms with van der Waals surface area (Å²) in [7, 11) is 7.22. The van der Waals surface area contributed by atoms with Gasteiger partial charge in [0.05, 0.1) is 92.8 Å². The number of benzene rings is 8. The smallest absolute Gasteiger partial charge is 0.339 e. The molecule has 9 heterocycles. The minimum Gasteiger partial charge on any atom is -0.481 e. The second-order valence-corrected chi connectivity index (χ2v) is 50.8. The van der Waals surface area contributed by atoms with E-state index in [9.17, 15) is 32.8 Å². The van der Waals surface area contributed by atoms with E-state index in [-0.39, 0.29) is 92.7 Å². The van der Waals surface area contributed by atoms with Crippen LogP contribution in [0.5, 0.6) is 0 Å². The molecule has 2 saturated carbocycles. The van der Waals surface area contributed by atoms with Crippen LogP contribution in [0.4, 0.5) is 8.78 Å². The Morgan fingerprint density at radius 1 is 0.493 bits per heavy atom. The fourth-order valence-corrected chi connectivity index (χ4v) is 22.6. The van der Waals surface area contributed by atoms with Gasteiger partial charge in [0.2, 0.25) is 0 Å². The van der Waals surface area contributed by atoms with E-state index in [1.165, 1.54) is 46.3 Å². The predicted molar refractivity (Wildman–Crippen MR) is 598 cm³/mol. The molecule has 5 aliphatic heterocycles. The Hall–Kier alpha value is -7.20. The summed E-state index contributed by atoms with van der Waals surface area (Å²) < 4.78 is 59.7. The molecule has 1 N–H and O–H groups in total. The molecule has 144 heavy (non-hydrogen) atoms. The van der Waals surface area contributed by atoms with Gasteiger partial charge < -0.3 is 24.1 Å². The average molecular weight is 2420 g/mol. The fourth-order valence-electron chi connectivity index (χ4n) is 17.7. The highest BCUT2D eigenvalue weighted by molar-refractivity contribution is 14.1. The second-order valence-electron chi connectivity index (χ2n) is 42.8. The number of amides is 1. The first-order valence-corrected chi connectivity index (χ1v) is 55.4. The van der Waals surface area contributed by atoms with Crippen LogP contribution in [0.25, 0.3) is 75.1 Å². The molecule has 774 valence electrons. The molecule has 5 saturated heterocycles. The minimum atomic E-state index is -0.817. The topological polar surface area (TPSA) is 233 Å². The van der Waals surface area contributed by atoms with E-state index in [1.807, 2.05) is 128 Å². The third kappa shape index (κ3) is 28.1. The number of thiazole rings is 2. The van der Waals surface area contributed by atoms with Gasteiger partial charge in [-0.1, -0.05) is 95.3 Å². The standard InChI is InChI=1S/C36H39ClN4O3S.C21H19BrClNO3S.C15H20BrN3.C14H17BrFNO.C10H20N2O2.C8H15NO2.C6H3BrFI/c1-7-43-35(42)32(44-25-13-14-25)29-20(2)16-27-33(30(29)21-8-11-24(37)12-9-21)45-34(38-27)22-10-15-28-26(17-22)31(39-40(28)6)23-18-41(19-23)36(3,4)5;1-3-26-20(25)18(27-14-8-9-14)16-11(2)10-15-19(28-21(22)24-15)17(16)12-4-6-13(23)7-5-12;1-15(2,3)19-8-10(9-19)14-12-7-11(16)5-6-13(12)18(4)17-14;1-14(2,3)17-7-9(8-17)13(18)11-6-10(15)4-5-12(11)16;1-10(2,3)12-6-8(7-12)9(13)11(4)14-5;1-8(2,3)9-4-6(5-9)7(10)11;7-4-1-2-5(8)6(9)3-4/h8-12,15-17,23,25,32H,7,13-14,18-19H2,1-6H3;4-7,10,14,18H,3,8-9H2,1-2H3;5-7,10H,8-9H2,1-4H3;4-6,9H,7-8H2,1-3H3;8H,6-7H2,1-5H3;6H,4-5H2,1-3H3,(H,10,11);1-3H/t32-;18-;;;;;/m00...../s1. The monoisotopic (exact) mass is 2410 g/mol. The lowest BCUT2D eigenvalue weighted by atomic mass is 9.86. The number of aryl methyl sites for hydroxylation is 4. The number of fused-ring (bicyclic) bond motifs is 4. The van der Waals surface area contributed by atoms with Gasteiger partial charge in [0.25, 0.3) is 5.91 Å². The summed E-state index contributed by atoms with van der Waals surface area (Å²) in [4.78, 5) is 86.8. The number of carboxylic acid groups (broad SMARTS) is 1. The fraction of sp³-hybridized carbons (Fsp3) is 0.482. The Labute approximate surface area is 910 Å². The van der Waals surface area contributed by atoms with Crippen LogP contribution in [0.15, 0.2) is 151 Å². The molecule has 0 bridgehead atoms. The number of rotatable bonds is 20. The summed E-state index contributed by atoms with van der Waals surface area (Å²) >= 11 is 31.1. The number of hydrogen-bond donors (Lipinski definition) is 1. The molecule has 34 heteroatoms. The third-order valence-electron chi connectivity index (χ3n) is 26.9. The number of carboxylic acids is 1. The third-order valence-corrected chi connectivity index (χ3v) is 32.4. The van der Waals surface area contributed by atoms with Gasteiger partial charge in [0.1, 0.15) is 16.6 Å². The molecule has 2 aliphatic carbocycles. The van der Waals surface area contributed by atoms with Gasteiger partial charge in [-0.3, -0.25) is 53.1 Å². The Morgan fingerprint density at radius 2 is 0.868 bits per heavy atom. The van der Waals surface area contributed by atoms with Crippen molar-refractivity contribution in [3.63, 3.8) is 0 Å². The Balaban J connectivity index is 0.000000151. The minimum absolute atomic E-state index is 0.0659. The lowest BCUT2D eigenvalue weighted by Crippen LogP contribution is -2.59. The zero-order chi connectivity index (χ0) is 105. The van der Waals surface area contributed by atoms with Crippen LogP contribution in [-0.4, -0.2) is 227 Å². The average Bonchev–Trinajstić information content (AvgIpc) is 1.57. The van der Waals surface area contributed by atoms with E-state index in [0.29, 0.717) is 64.8 Å². The molecule has 19 rings (SSSR count). The van der Waals surface area contributed by atoms with Crippen molar-refractivity contribution >= 4 is 204 Å². The quantitative estimate of drug-likeness (QED) is 0.0246. The summed E-state index contributed by atoms with van der Waals surface area (Å²) in [6, 6.07) is 41.8. The van der Waals surface area contributed by atoms with Gasteiger partial charge in [-0.2, -0.15) is 10.2 Å². The maximum atomic E-state index is 13.6.